The Balaban J connectivity index is 1.52. The minimum Gasteiger partial charge on any atom is -0.497 e. The highest BCUT2D eigenvalue weighted by molar-refractivity contribution is 6.13. The van der Waals surface area contributed by atoms with Gasteiger partial charge >= 0.3 is 0 Å². The lowest BCUT2D eigenvalue weighted by atomic mass is 10.0. The third-order valence-electron chi connectivity index (χ3n) is 5.05. The van der Waals surface area contributed by atoms with E-state index in [4.69, 9.17) is 9.47 Å². The van der Waals surface area contributed by atoms with E-state index in [1.54, 1.807) is 42.3 Å². The molecule has 1 N–H and O–H groups in total. The molecular weight excluding hydrogens is 344 g/mol. The van der Waals surface area contributed by atoms with E-state index < -0.39 is 0 Å². The van der Waals surface area contributed by atoms with E-state index in [1.807, 2.05) is 12.1 Å². The molecule has 2 aromatic carbocycles. The van der Waals surface area contributed by atoms with Gasteiger partial charge in [0.25, 0.3) is 11.8 Å². The monoisotopic (exact) mass is 366 g/mol. The molecule has 0 unspecified atom stereocenters. The topological polar surface area (TPSA) is 67.9 Å². The molecule has 1 atom stereocenters. The highest BCUT2D eigenvalue weighted by Gasteiger charge is 2.33. The standard InChI is InChI=1S/C21H22N2O4/c1-26-16-9-7-15(8-10-16)22-20(24)18-6-2-4-14-12-23(21(25)19(14)18)13-17-5-3-11-27-17/h2,4,6-10,17H,3,5,11-13H2,1H3,(H,22,24)/t17-/m1/s1. The molecular formula is C21H22N2O4. The molecule has 1 fully saturated rings. The van der Waals surface area contributed by atoms with Gasteiger partial charge in [0.1, 0.15) is 5.75 Å². The maximum Gasteiger partial charge on any atom is 0.256 e. The predicted octanol–water partition coefficient (Wildman–Crippen LogP) is 3.08. The van der Waals surface area contributed by atoms with Crippen LogP contribution in [0.1, 0.15) is 39.1 Å². The number of carbonyl (C=O) groups excluding carboxylic acids is 2. The van der Waals surface area contributed by atoms with Gasteiger partial charge in [-0.25, -0.2) is 0 Å². The Kier molecular flexibility index (Phi) is 4.81. The van der Waals surface area contributed by atoms with E-state index in [0.717, 1.165) is 25.0 Å². The van der Waals surface area contributed by atoms with Crippen molar-refractivity contribution in [2.75, 3.05) is 25.6 Å². The van der Waals surface area contributed by atoms with Gasteiger partial charge in [0.05, 0.1) is 24.3 Å². The number of methoxy groups -OCH3 is 1. The van der Waals surface area contributed by atoms with Gasteiger partial charge in [-0.2, -0.15) is 0 Å². The molecule has 0 aromatic heterocycles. The summed E-state index contributed by atoms with van der Waals surface area (Å²) < 4.78 is 10.8. The number of carbonyl (C=O) groups is 2. The maximum atomic E-state index is 12.9. The molecule has 2 aliphatic heterocycles. The third-order valence-corrected chi connectivity index (χ3v) is 5.05. The number of rotatable bonds is 5. The van der Waals surface area contributed by atoms with Crippen LogP contribution in [0.5, 0.6) is 5.75 Å². The molecule has 2 aliphatic rings. The summed E-state index contributed by atoms with van der Waals surface area (Å²) in [7, 11) is 1.59. The quantitative estimate of drug-likeness (QED) is 0.883. The molecule has 0 saturated carbocycles. The van der Waals surface area contributed by atoms with Crippen LogP contribution in [0.2, 0.25) is 0 Å². The number of nitrogens with one attached hydrogen (secondary N) is 1. The van der Waals surface area contributed by atoms with Crippen molar-refractivity contribution < 1.29 is 19.1 Å². The normalized spacial score (nSPS) is 18.5. The smallest absolute Gasteiger partial charge is 0.256 e. The van der Waals surface area contributed by atoms with Gasteiger partial charge in [0.15, 0.2) is 0 Å². The lowest BCUT2D eigenvalue weighted by Gasteiger charge is -2.19. The summed E-state index contributed by atoms with van der Waals surface area (Å²) in [5, 5.41) is 2.86. The fraction of sp³-hybridized carbons (Fsp3) is 0.333. The Hall–Kier alpha value is -2.86. The number of hydrogen-bond donors (Lipinski definition) is 1. The van der Waals surface area contributed by atoms with Crippen molar-refractivity contribution in [3.63, 3.8) is 0 Å². The van der Waals surface area contributed by atoms with Crippen LogP contribution >= 0.6 is 0 Å². The van der Waals surface area contributed by atoms with Crippen molar-refractivity contribution in [3.05, 3.63) is 59.2 Å². The van der Waals surface area contributed by atoms with Crippen molar-refractivity contribution in [3.8, 4) is 5.75 Å². The first-order valence-electron chi connectivity index (χ1n) is 9.14. The predicted molar refractivity (Wildman–Crippen MR) is 101 cm³/mol. The summed E-state index contributed by atoms with van der Waals surface area (Å²) in [5.74, 6) is 0.332. The van der Waals surface area contributed by atoms with Gasteiger partial charge in [-0.1, -0.05) is 12.1 Å². The largest absolute Gasteiger partial charge is 0.497 e. The number of amides is 2. The molecule has 0 aliphatic carbocycles. The molecule has 6 heteroatoms. The van der Waals surface area contributed by atoms with Crippen LogP contribution < -0.4 is 10.1 Å². The highest BCUT2D eigenvalue weighted by Crippen LogP contribution is 2.28. The zero-order valence-corrected chi connectivity index (χ0v) is 15.2. The highest BCUT2D eigenvalue weighted by atomic mass is 16.5. The van der Waals surface area contributed by atoms with Crippen LogP contribution in [0.15, 0.2) is 42.5 Å². The van der Waals surface area contributed by atoms with Crippen LogP contribution in [0.3, 0.4) is 0 Å². The van der Waals surface area contributed by atoms with Gasteiger partial charge in [-0.3, -0.25) is 9.59 Å². The number of fused-ring (bicyclic) bond motifs is 1. The van der Waals surface area contributed by atoms with Crippen molar-refractivity contribution in [2.24, 2.45) is 0 Å². The third kappa shape index (κ3) is 3.53. The lowest BCUT2D eigenvalue weighted by molar-refractivity contribution is 0.0544. The molecule has 2 aromatic rings. The van der Waals surface area contributed by atoms with E-state index in [2.05, 4.69) is 5.32 Å². The van der Waals surface area contributed by atoms with Gasteiger partial charge in [0, 0.05) is 25.4 Å². The van der Waals surface area contributed by atoms with E-state index in [-0.39, 0.29) is 17.9 Å². The Labute approximate surface area is 158 Å². The first-order chi connectivity index (χ1) is 13.2. The van der Waals surface area contributed by atoms with Crippen LogP contribution in [0.4, 0.5) is 5.69 Å². The number of anilines is 1. The number of hydrogen-bond acceptors (Lipinski definition) is 4. The van der Waals surface area contributed by atoms with Crippen LogP contribution in [-0.4, -0.2) is 43.1 Å². The molecule has 0 radical (unpaired) electrons. The van der Waals surface area contributed by atoms with Gasteiger partial charge in [-0.05, 0) is 48.7 Å². The van der Waals surface area contributed by atoms with Crippen molar-refractivity contribution in [2.45, 2.75) is 25.5 Å². The number of ether oxygens (including phenoxy) is 2. The molecule has 0 bridgehead atoms. The summed E-state index contributed by atoms with van der Waals surface area (Å²) in [6.07, 6.45) is 2.11. The first kappa shape index (κ1) is 17.5. The lowest BCUT2D eigenvalue weighted by Crippen LogP contribution is -2.32. The maximum absolute atomic E-state index is 12.9. The second-order valence-electron chi connectivity index (χ2n) is 6.84. The van der Waals surface area contributed by atoms with E-state index in [1.165, 1.54) is 0 Å². The van der Waals surface area contributed by atoms with Crippen molar-refractivity contribution in [1.82, 2.24) is 4.90 Å². The SMILES string of the molecule is COc1ccc(NC(=O)c2cccc3c2C(=O)N(C[C@H]2CCCO2)C3)cc1. The van der Waals surface area contributed by atoms with Crippen molar-refractivity contribution in [1.29, 1.82) is 0 Å². The van der Waals surface area contributed by atoms with Gasteiger partial charge in [0.2, 0.25) is 0 Å². The molecule has 6 nitrogen and oxygen atoms in total. The minimum atomic E-state index is -0.288. The van der Waals surface area contributed by atoms with Gasteiger partial charge in [-0.15, -0.1) is 0 Å². The van der Waals surface area contributed by atoms with E-state index in [0.29, 0.717) is 35.7 Å². The van der Waals surface area contributed by atoms with Crippen molar-refractivity contribution >= 4 is 17.5 Å². The second kappa shape index (κ2) is 7.40. The summed E-state index contributed by atoms with van der Waals surface area (Å²) in [5.41, 5.74) is 2.45. The first-order valence-corrected chi connectivity index (χ1v) is 9.14. The summed E-state index contributed by atoms with van der Waals surface area (Å²) in [6, 6.07) is 12.5. The Morgan fingerprint density at radius 1 is 1.26 bits per heavy atom. The Morgan fingerprint density at radius 2 is 2.07 bits per heavy atom. The molecule has 4 rings (SSSR count). The minimum absolute atomic E-state index is 0.0963. The zero-order chi connectivity index (χ0) is 18.8. The summed E-state index contributed by atoms with van der Waals surface area (Å²) in [6.45, 7) is 1.86. The zero-order valence-electron chi connectivity index (χ0n) is 15.2. The molecule has 140 valence electrons. The molecule has 2 heterocycles. The fourth-order valence-corrected chi connectivity index (χ4v) is 3.66. The van der Waals surface area contributed by atoms with Gasteiger partial charge < -0.3 is 19.7 Å². The second-order valence-corrected chi connectivity index (χ2v) is 6.84. The van der Waals surface area contributed by atoms with E-state index >= 15 is 0 Å². The summed E-state index contributed by atoms with van der Waals surface area (Å²) >= 11 is 0. The van der Waals surface area contributed by atoms with Crippen LogP contribution in [0, 0.1) is 0 Å². The molecule has 0 spiro atoms. The number of nitrogens with zero attached hydrogens (tertiary/aromatic N) is 1. The molecule has 27 heavy (non-hydrogen) atoms. The molecule has 2 amide bonds. The average Bonchev–Trinajstić information content (AvgIpc) is 3.31. The number of benzene rings is 2. The summed E-state index contributed by atoms with van der Waals surface area (Å²) in [4.78, 5) is 27.5. The van der Waals surface area contributed by atoms with Crippen LogP contribution in [0.25, 0.3) is 0 Å². The average molecular weight is 366 g/mol. The Morgan fingerprint density at radius 3 is 2.78 bits per heavy atom. The fourth-order valence-electron chi connectivity index (χ4n) is 3.66. The van der Waals surface area contributed by atoms with Crippen LogP contribution in [-0.2, 0) is 11.3 Å². The molecule has 1 saturated heterocycles. The van der Waals surface area contributed by atoms with E-state index in [9.17, 15) is 9.59 Å². The Bertz CT molecular complexity index is 857.